The van der Waals surface area contributed by atoms with Gasteiger partial charge in [0, 0.05) is 0 Å². The Morgan fingerprint density at radius 2 is 2.00 bits per heavy atom. The third-order valence-electron chi connectivity index (χ3n) is 0.421. The van der Waals surface area contributed by atoms with Crippen molar-refractivity contribution in [2.24, 2.45) is 0 Å². The monoisotopic (exact) mass is 188 g/mol. The molecule has 0 aliphatic rings. The van der Waals surface area contributed by atoms with Gasteiger partial charge < -0.3 is 0 Å². The summed E-state index contributed by atoms with van der Waals surface area (Å²) in [5, 5.41) is 0.549. The van der Waals surface area contributed by atoms with Gasteiger partial charge in [-0.25, -0.2) is 4.18 Å². The van der Waals surface area contributed by atoms with Crippen LogP contribution in [0.5, 0.6) is 0 Å². The first-order valence-corrected chi connectivity index (χ1v) is 4.45. The summed E-state index contributed by atoms with van der Waals surface area (Å²) in [4.78, 5) is 0. The average molecular weight is 188 g/mol. The minimum atomic E-state index is -4.52. The van der Waals surface area contributed by atoms with E-state index in [1.54, 1.807) is 0 Å². The molecule has 0 amide bonds. The third-order valence-corrected chi connectivity index (χ3v) is 1.26. The van der Waals surface area contributed by atoms with E-state index in [1.807, 2.05) is 0 Å². The molecular weight excluding hydrogens is 184 g/mol. The fourth-order valence-electron chi connectivity index (χ4n) is 0.169. The van der Waals surface area contributed by atoms with Crippen LogP contribution in [0.15, 0.2) is 0 Å². The molecule has 0 rings (SSSR count). The van der Waals surface area contributed by atoms with Crippen LogP contribution in [0.2, 0.25) is 0 Å². The van der Waals surface area contributed by atoms with E-state index in [0.717, 1.165) is 0 Å². The smallest absolute Gasteiger partial charge is 0.264 e. The van der Waals surface area contributed by atoms with Gasteiger partial charge in [-0.1, -0.05) is 0 Å². The molecule has 6 nitrogen and oxygen atoms in total. The molecular formula is C2H4O6S2. The van der Waals surface area contributed by atoms with Crippen LogP contribution < -0.4 is 0 Å². The molecule has 0 saturated carbocycles. The Labute approximate surface area is 58.9 Å². The molecule has 60 valence electrons. The van der Waals surface area contributed by atoms with Gasteiger partial charge in [0.2, 0.25) is 10.3 Å². The fourth-order valence-corrected chi connectivity index (χ4v) is 0.675. The molecule has 0 fully saturated rings. The lowest BCUT2D eigenvalue weighted by Crippen LogP contribution is -2.05. The molecule has 0 unspecified atom stereocenters. The molecule has 0 aromatic heterocycles. The molecule has 8 heteroatoms. The van der Waals surface area contributed by atoms with E-state index < -0.39 is 27.3 Å². The quantitative estimate of drug-likeness (QED) is 0.427. The van der Waals surface area contributed by atoms with Crippen LogP contribution in [-0.4, -0.2) is 33.4 Å². The standard InChI is InChI=1S/C2H4O6S2/c3-9(4)2-1-8-10(5,6)7/h2H,1H2,(H,5,6,7). The Morgan fingerprint density at radius 3 is 2.30 bits per heavy atom. The van der Waals surface area contributed by atoms with E-state index in [-0.39, 0.29) is 0 Å². The van der Waals surface area contributed by atoms with Crippen LogP contribution in [0.4, 0.5) is 0 Å². The maximum Gasteiger partial charge on any atom is 0.397 e. The summed E-state index contributed by atoms with van der Waals surface area (Å²) >= 11 is 0. The van der Waals surface area contributed by atoms with Gasteiger partial charge >= 0.3 is 10.4 Å². The van der Waals surface area contributed by atoms with E-state index >= 15 is 0 Å². The second-order valence-corrected chi connectivity index (χ2v) is 3.08. The molecule has 1 N–H and O–H groups in total. The van der Waals surface area contributed by atoms with Gasteiger partial charge in [0.25, 0.3) is 0 Å². The van der Waals surface area contributed by atoms with Crippen LogP contribution in [0.25, 0.3) is 0 Å². The van der Waals surface area contributed by atoms with Crippen molar-refractivity contribution in [3.05, 3.63) is 0 Å². The van der Waals surface area contributed by atoms with Gasteiger partial charge in [-0.05, 0) is 0 Å². The number of hydrogen-bond donors (Lipinski definition) is 1. The van der Waals surface area contributed by atoms with Crippen molar-refractivity contribution in [2.45, 2.75) is 0 Å². The van der Waals surface area contributed by atoms with Crippen LogP contribution in [0, 0.1) is 0 Å². The molecule has 0 spiro atoms. The highest BCUT2D eigenvalue weighted by Gasteiger charge is 2.00. The molecule has 0 radical (unpaired) electrons. The van der Waals surface area contributed by atoms with Crippen molar-refractivity contribution in [2.75, 3.05) is 6.61 Å². The van der Waals surface area contributed by atoms with E-state index in [1.165, 1.54) is 0 Å². The minimum absolute atomic E-state index is 0.549. The maximum atomic E-state index is 9.73. The van der Waals surface area contributed by atoms with Crippen LogP contribution >= 0.6 is 0 Å². The largest absolute Gasteiger partial charge is 0.397 e. The molecule has 0 aliphatic heterocycles. The highest BCUT2D eigenvalue weighted by molar-refractivity contribution is 7.81. The van der Waals surface area contributed by atoms with Crippen molar-refractivity contribution in [1.29, 1.82) is 0 Å². The van der Waals surface area contributed by atoms with Crippen LogP contribution in [-0.2, 0) is 24.9 Å². The average Bonchev–Trinajstić information content (AvgIpc) is 1.59. The van der Waals surface area contributed by atoms with Gasteiger partial charge in [-0.3, -0.25) is 4.55 Å². The minimum Gasteiger partial charge on any atom is -0.264 e. The summed E-state index contributed by atoms with van der Waals surface area (Å²) in [6.45, 7) is -0.686. The molecule has 10 heavy (non-hydrogen) atoms. The zero-order valence-corrected chi connectivity index (χ0v) is 6.22. The molecule has 0 atom stereocenters. The van der Waals surface area contributed by atoms with Gasteiger partial charge in [-0.2, -0.15) is 16.8 Å². The first-order chi connectivity index (χ1) is 4.42. The molecule has 0 aromatic carbocycles. The van der Waals surface area contributed by atoms with E-state index in [4.69, 9.17) is 4.55 Å². The lowest BCUT2D eigenvalue weighted by atomic mass is 10.9. The van der Waals surface area contributed by atoms with Gasteiger partial charge in [0.15, 0.2) is 0 Å². The lowest BCUT2D eigenvalue weighted by molar-refractivity contribution is 0.307. The topological polar surface area (TPSA) is 97.7 Å². The third kappa shape index (κ3) is 7.56. The van der Waals surface area contributed by atoms with Crippen LogP contribution in [0.3, 0.4) is 0 Å². The van der Waals surface area contributed by atoms with Crippen molar-refractivity contribution >= 4 is 26.1 Å². The van der Waals surface area contributed by atoms with Crippen LogP contribution in [0.1, 0.15) is 0 Å². The van der Waals surface area contributed by atoms with Crippen molar-refractivity contribution in [1.82, 2.24) is 0 Å². The predicted octanol–water partition coefficient (Wildman–Crippen LogP) is -1.51. The summed E-state index contributed by atoms with van der Waals surface area (Å²) in [6, 6.07) is 0. The van der Waals surface area contributed by atoms with Crippen molar-refractivity contribution < 1.29 is 25.6 Å². The number of rotatable bonds is 3. The zero-order chi connectivity index (χ0) is 8.20. The summed E-state index contributed by atoms with van der Waals surface area (Å²) in [5.74, 6) is 0. The van der Waals surface area contributed by atoms with Crippen molar-refractivity contribution in [3.8, 4) is 0 Å². The fraction of sp³-hybridized carbons (Fsp3) is 0.500. The van der Waals surface area contributed by atoms with Crippen molar-refractivity contribution in [3.63, 3.8) is 0 Å². The lowest BCUT2D eigenvalue weighted by Gasteiger charge is -1.89. The second kappa shape index (κ2) is 3.66. The van der Waals surface area contributed by atoms with Gasteiger partial charge in [-0.15, -0.1) is 0 Å². The summed E-state index contributed by atoms with van der Waals surface area (Å²) in [5.41, 5.74) is 0. The molecule has 0 aromatic rings. The summed E-state index contributed by atoms with van der Waals surface area (Å²) in [6.07, 6.45) is 0. The zero-order valence-electron chi connectivity index (χ0n) is 4.59. The summed E-state index contributed by atoms with van der Waals surface area (Å²) in [7, 11) is -7.00. The Bertz CT molecular complexity index is 298. The van der Waals surface area contributed by atoms with Gasteiger partial charge in [0.1, 0.15) is 6.61 Å². The Kier molecular flexibility index (Phi) is 3.50. The highest BCUT2D eigenvalue weighted by Crippen LogP contribution is 1.81. The number of hydrogen-bond acceptors (Lipinski definition) is 5. The Balaban J connectivity index is 3.93. The molecule has 0 aliphatic carbocycles. The highest BCUT2D eigenvalue weighted by atomic mass is 32.3. The SMILES string of the molecule is O=S(=O)=CCOS(=O)(=O)O. The van der Waals surface area contributed by atoms with E-state index in [0.29, 0.717) is 5.37 Å². The maximum absolute atomic E-state index is 9.73. The first kappa shape index (κ1) is 9.56. The first-order valence-electron chi connectivity index (χ1n) is 1.95. The Hall–Kier alpha value is -0.440. The summed E-state index contributed by atoms with van der Waals surface area (Å²) < 4.78 is 50.3. The van der Waals surface area contributed by atoms with E-state index in [9.17, 15) is 16.8 Å². The Morgan fingerprint density at radius 1 is 1.50 bits per heavy atom. The molecule has 0 saturated heterocycles. The van der Waals surface area contributed by atoms with E-state index in [2.05, 4.69) is 4.18 Å². The molecule has 0 heterocycles. The molecule has 0 bridgehead atoms. The normalized spacial score (nSPS) is 10.9. The van der Waals surface area contributed by atoms with Gasteiger partial charge in [0.05, 0.1) is 5.37 Å². The predicted molar refractivity (Wildman–Crippen MR) is 32.5 cm³/mol. The second-order valence-electron chi connectivity index (χ2n) is 1.14.